The molecule has 1 N–H and O–H groups in total. The Balaban J connectivity index is 1.71. The number of para-hydroxylation sites is 2. The average Bonchev–Trinajstić information content (AvgIpc) is 2.95. The van der Waals surface area contributed by atoms with E-state index in [0.717, 1.165) is 29.2 Å². The van der Waals surface area contributed by atoms with Crippen molar-refractivity contribution in [3.63, 3.8) is 0 Å². The molecule has 0 saturated heterocycles. The number of aromatic nitrogens is 2. The summed E-state index contributed by atoms with van der Waals surface area (Å²) in [6, 6.07) is 10.6. The van der Waals surface area contributed by atoms with Crippen LogP contribution < -0.4 is 5.32 Å². The summed E-state index contributed by atoms with van der Waals surface area (Å²) in [6.07, 6.45) is 0. The van der Waals surface area contributed by atoms with Gasteiger partial charge in [-0.3, -0.25) is 4.79 Å². The average molecular weight is 377 g/mol. The first kappa shape index (κ1) is 18.3. The molecule has 0 saturated carbocycles. The zero-order valence-corrected chi connectivity index (χ0v) is 14.9. The van der Waals surface area contributed by atoms with Crippen molar-refractivity contribution < 1.29 is 18.3 Å². The molecule has 2 aromatic carbocycles. The van der Waals surface area contributed by atoms with Crippen LogP contribution in [0.15, 0.2) is 47.6 Å². The van der Waals surface area contributed by atoms with E-state index in [1.54, 1.807) is 7.11 Å². The normalized spacial score (nSPS) is 11.0. The van der Waals surface area contributed by atoms with E-state index in [2.05, 4.69) is 10.3 Å². The Bertz CT molecular complexity index is 910. The highest BCUT2D eigenvalue weighted by molar-refractivity contribution is 7.99. The van der Waals surface area contributed by atoms with Crippen LogP contribution in [0.1, 0.15) is 0 Å². The van der Waals surface area contributed by atoms with Crippen LogP contribution in [0.5, 0.6) is 0 Å². The summed E-state index contributed by atoms with van der Waals surface area (Å²) in [4.78, 5) is 16.7. The number of imidazole rings is 1. The predicted molar refractivity (Wildman–Crippen MR) is 97.3 cm³/mol. The molecule has 5 nitrogen and oxygen atoms in total. The van der Waals surface area contributed by atoms with Gasteiger partial charge in [-0.1, -0.05) is 23.9 Å². The van der Waals surface area contributed by atoms with E-state index in [-0.39, 0.29) is 17.3 Å². The Labute approximate surface area is 153 Å². The van der Waals surface area contributed by atoms with Gasteiger partial charge in [0.05, 0.1) is 23.4 Å². The number of nitrogens with zero attached hydrogens (tertiary/aromatic N) is 2. The summed E-state index contributed by atoms with van der Waals surface area (Å²) in [5.41, 5.74) is 1.87. The number of hydrogen-bond acceptors (Lipinski definition) is 4. The third kappa shape index (κ3) is 4.39. The lowest BCUT2D eigenvalue weighted by Gasteiger charge is -2.09. The van der Waals surface area contributed by atoms with Crippen molar-refractivity contribution in [1.82, 2.24) is 9.55 Å². The van der Waals surface area contributed by atoms with Crippen molar-refractivity contribution in [3.8, 4) is 0 Å². The van der Waals surface area contributed by atoms with Crippen molar-refractivity contribution in [2.24, 2.45) is 0 Å². The number of carbonyl (C=O) groups excluding carboxylic acids is 1. The quantitative estimate of drug-likeness (QED) is 0.638. The van der Waals surface area contributed by atoms with Crippen molar-refractivity contribution in [2.75, 3.05) is 24.8 Å². The Kier molecular flexibility index (Phi) is 5.85. The van der Waals surface area contributed by atoms with Gasteiger partial charge in [-0.2, -0.15) is 0 Å². The van der Waals surface area contributed by atoms with E-state index < -0.39 is 11.6 Å². The summed E-state index contributed by atoms with van der Waals surface area (Å²) in [7, 11) is 1.62. The highest BCUT2D eigenvalue weighted by Gasteiger charge is 2.13. The number of benzene rings is 2. The number of anilines is 1. The summed E-state index contributed by atoms with van der Waals surface area (Å²) < 4.78 is 33.5. The molecule has 136 valence electrons. The lowest BCUT2D eigenvalue weighted by molar-refractivity contribution is -0.113. The Hall–Kier alpha value is -2.45. The van der Waals surface area contributed by atoms with Crippen LogP contribution in [0, 0.1) is 11.6 Å². The molecule has 0 aliphatic rings. The summed E-state index contributed by atoms with van der Waals surface area (Å²) in [5, 5.41) is 3.17. The van der Waals surface area contributed by atoms with Crippen LogP contribution in [-0.2, 0) is 16.1 Å². The van der Waals surface area contributed by atoms with Gasteiger partial charge >= 0.3 is 0 Å². The maximum atomic E-state index is 13.2. The number of thioether (sulfide) groups is 1. The first-order valence-corrected chi connectivity index (χ1v) is 8.88. The molecule has 26 heavy (non-hydrogen) atoms. The number of halogens is 2. The molecule has 0 aliphatic carbocycles. The van der Waals surface area contributed by atoms with E-state index in [1.165, 1.54) is 11.8 Å². The highest BCUT2D eigenvalue weighted by atomic mass is 32.2. The van der Waals surface area contributed by atoms with E-state index in [1.807, 2.05) is 28.8 Å². The number of amides is 1. The number of hydrogen-bond donors (Lipinski definition) is 1. The van der Waals surface area contributed by atoms with Crippen molar-refractivity contribution in [1.29, 1.82) is 0 Å². The van der Waals surface area contributed by atoms with Gasteiger partial charge in [-0.15, -0.1) is 0 Å². The van der Waals surface area contributed by atoms with Crippen molar-refractivity contribution in [3.05, 3.63) is 54.1 Å². The Morgan fingerprint density at radius 1 is 1.23 bits per heavy atom. The molecule has 0 unspecified atom stereocenters. The van der Waals surface area contributed by atoms with Gasteiger partial charge in [-0.05, 0) is 24.3 Å². The molecule has 3 rings (SSSR count). The Morgan fingerprint density at radius 3 is 2.69 bits per heavy atom. The molecule has 1 aromatic heterocycles. The van der Waals surface area contributed by atoms with Crippen molar-refractivity contribution >= 4 is 34.4 Å². The number of rotatable bonds is 7. The molecule has 0 atom stereocenters. The summed E-state index contributed by atoms with van der Waals surface area (Å²) >= 11 is 1.26. The standard InChI is InChI=1S/C18H17F2N3O2S/c1-25-7-6-23-16-5-3-2-4-15(16)22-18(23)26-11-17(24)21-14-9-12(19)8-13(20)10-14/h2-5,8-10H,6-7,11H2,1H3,(H,21,24). The second-order valence-electron chi connectivity index (χ2n) is 5.52. The molecule has 3 aromatic rings. The minimum atomic E-state index is -0.741. The molecule has 0 bridgehead atoms. The fraction of sp³-hybridized carbons (Fsp3) is 0.222. The fourth-order valence-electron chi connectivity index (χ4n) is 2.52. The molecule has 1 amide bonds. The first-order chi connectivity index (χ1) is 12.6. The number of nitrogens with one attached hydrogen (secondary N) is 1. The smallest absolute Gasteiger partial charge is 0.234 e. The third-order valence-electron chi connectivity index (χ3n) is 3.62. The Morgan fingerprint density at radius 2 is 1.96 bits per heavy atom. The number of ether oxygens (including phenoxy) is 1. The highest BCUT2D eigenvalue weighted by Crippen LogP contribution is 2.24. The molecule has 0 aliphatic heterocycles. The SMILES string of the molecule is COCCn1c(SCC(=O)Nc2cc(F)cc(F)c2)nc2ccccc21. The maximum absolute atomic E-state index is 13.2. The molecule has 1 heterocycles. The molecule has 8 heteroatoms. The van der Waals surface area contributed by atoms with Gasteiger partial charge in [0.2, 0.25) is 5.91 Å². The van der Waals surface area contributed by atoms with E-state index in [9.17, 15) is 13.6 Å². The van der Waals surface area contributed by atoms with Crippen LogP contribution in [-0.4, -0.2) is 34.9 Å². The topological polar surface area (TPSA) is 56.1 Å². The largest absolute Gasteiger partial charge is 0.383 e. The van der Waals surface area contributed by atoms with E-state index >= 15 is 0 Å². The van der Waals surface area contributed by atoms with Gasteiger partial charge in [0.15, 0.2) is 5.16 Å². The first-order valence-electron chi connectivity index (χ1n) is 7.90. The minimum Gasteiger partial charge on any atom is -0.383 e. The van der Waals surface area contributed by atoms with Crippen LogP contribution in [0.25, 0.3) is 11.0 Å². The molecular formula is C18H17F2N3O2S. The third-order valence-corrected chi connectivity index (χ3v) is 4.59. The lowest BCUT2D eigenvalue weighted by atomic mass is 10.3. The molecule has 0 fully saturated rings. The summed E-state index contributed by atoms with van der Waals surface area (Å²) in [5.74, 6) is -1.79. The lowest BCUT2D eigenvalue weighted by Crippen LogP contribution is -2.15. The fourth-order valence-corrected chi connectivity index (χ4v) is 3.36. The molecule has 0 radical (unpaired) electrons. The number of carbonyl (C=O) groups is 1. The molecular weight excluding hydrogens is 360 g/mol. The van der Waals surface area contributed by atoms with Gasteiger partial charge < -0.3 is 14.6 Å². The minimum absolute atomic E-state index is 0.0639. The molecule has 0 spiro atoms. The van der Waals surface area contributed by atoms with E-state index in [0.29, 0.717) is 18.3 Å². The van der Waals surface area contributed by atoms with E-state index in [4.69, 9.17) is 4.74 Å². The van der Waals surface area contributed by atoms with Crippen LogP contribution in [0.3, 0.4) is 0 Å². The predicted octanol–water partition coefficient (Wildman–Crippen LogP) is 3.69. The van der Waals surface area contributed by atoms with Crippen molar-refractivity contribution in [2.45, 2.75) is 11.7 Å². The van der Waals surface area contributed by atoms with Crippen LogP contribution in [0.4, 0.5) is 14.5 Å². The maximum Gasteiger partial charge on any atom is 0.234 e. The zero-order chi connectivity index (χ0) is 18.5. The van der Waals surface area contributed by atoms with Crippen LogP contribution in [0.2, 0.25) is 0 Å². The summed E-state index contributed by atoms with van der Waals surface area (Å²) in [6.45, 7) is 1.12. The zero-order valence-electron chi connectivity index (χ0n) is 14.0. The second-order valence-corrected chi connectivity index (χ2v) is 6.47. The second kappa shape index (κ2) is 8.29. The van der Waals surface area contributed by atoms with Crippen LogP contribution >= 0.6 is 11.8 Å². The van der Waals surface area contributed by atoms with Gasteiger partial charge in [-0.25, -0.2) is 13.8 Å². The van der Waals surface area contributed by atoms with Gasteiger partial charge in [0.1, 0.15) is 11.6 Å². The number of fused-ring (bicyclic) bond motifs is 1. The van der Waals surface area contributed by atoms with Gasteiger partial charge in [0, 0.05) is 25.4 Å². The number of methoxy groups -OCH3 is 1. The monoisotopic (exact) mass is 377 g/mol. The van der Waals surface area contributed by atoms with Gasteiger partial charge in [0.25, 0.3) is 0 Å².